The number of rotatable bonds is 4. The SMILES string of the molecule is O=C(NS(=O)(=O)Cc1ccc2c(c1)COC2)c1cc2n(n1)CCC2. The highest BCUT2D eigenvalue weighted by Crippen LogP contribution is 2.22. The second-order valence-electron chi connectivity index (χ2n) is 6.13. The molecular formula is C16H17N3O4S. The molecule has 0 aliphatic carbocycles. The van der Waals surface area contributed by atoms with Gasteiger partial charge in [-0.1, -0.05) is 18.2 Å². The monoisotopic (exact) mass is 347 g/mol. The largest absolute Gasteiger partial charge is 0.372 e. The van der Waals surface area contributed by atoms with E-state index in [4.69, 9.17) is 4.74 Å². The number of benzene rings is 1. The molecule has 1 aromatic carbocycles. The summed E-state index contributed by atoms with van der Waals surface area (Å²) in [5.41, 5.74) is 3.82. The van der Waals surface area contributed by atoms with Gasteiger partial charge in [-0.2, -0.15) is 5.10 Å². The second-order valence-corrected chi connectivity index (χ2v) is 7.86. The van der Waals surface area contributed by atoms with E-state index in [-0.39, 0.29) is 11.4 Å². The van der Waals surface area contributed by atoms with E-state index >= 15 is 0 Å². The van der Waals surface area contributed by atoms with Crippen LogP contribution in [-0.2, 0) is 46.7 Å². The zero-order chi connectivity index (χ0) is 16.7. The third kappa shape index (κ3) is 2.94. The summed E-state index contributed by atoms with van der Waals surface area (Å²) in [7, 11) is -3.78. The highest BCUT2D eigenvalue weighted by atomic mass is 32.2. The summed E-state index contributed by atoms with van der Waals surface area (Å²) in [5.74, 6) is -0.930. The van der Waals surface area contributed by atoms with Crippen LogP contribution in [0.1, 0.15) is 39.3 Å². The molecule has 7 nitrogen and oxygen atoms in total. The van der Waals surface area contributed by atoms with Crippen LogP contribution in [0.25, 0.3) is 0 Å². The topological polar surface area (TPSA) is 90.3 Å². The van der Waals surface area contributed by atoms with E-state index < -0.39 is 15.9 Å². The fourth-order valence-electron chi connectivity index (χ4n) is 3.14. The number of aromatic nitrogens is 2. The lowest BCUT2D eigenvalue weighted by molar-refractivity contribution is 0.0975. The third-order valence-electron chi connectivity index (χ3n) is 4.29. The zero-order valence-electron chi connectivity index (χ0n) is 13.0. The Bertz CT molecular complexity index is 896. The smallest absolute Gasteiger partial charge is 0.285 e. The molecule has 0 unspecified atom stereocenters. The predicted octanol–water partition coefficient (Wildman–Crippen LogP) is 1.12. The minimum atomic E-state index is -3.78. The van der Waals surface area contributed by atoms with E-state index in [1.807, 2.05) is 12.1 Å². The number of nitrogens with zero attached hydrogens (tertiary/aromatic N) is 2. The quantitative estimate of drug-likeness (QED) is 0.895. The molecule has 24 heavy (non-hydrogen) atoms. The van der Waals surface area contributed by atoms with Crippen molar-refractivity contribution in [2.75, 3.05) is 0 Å². The van der Waals surface area contributed by atoms with Gasteiger partial charge in [-0.05, 0) is 35.6 Å². The van der Waals surface area contributed by atoms with Gasteiger partial charge in [0.05, 0.1) is 19.0 Å². The fraction of sp³-hybridized carbons (Fsp3) is 0.375. The Labute approximate surface area is 139 Å². The van der Waals surface area contributed by atoms with E-state index in [0.717, 1.165) is 36.2 Å². The van der Waals surface area contributed by atoms with Crippen LogP contribution in [0.3, 0.4) is 0 Å². The second kappa shape index (κ2) is 5.71. The molecule has 3 heterocycles. The molecule has 1 amide bonds. The number of hydrogen-bond acceptors (Lipinski definition) is 5. The molecule has 0 spiro atoms. The van der Waals surface area contributed by atoms with Crippen LogP contribution in [0.5, 0.6) is 0 Å². The Balaban J connectivity index is 1.47. The highest BCUT2D eigenvalue weighted by Gasteiger charge is 2.22. The molecule has 126 valence electrons. The van der Waals surface area contributed by atoms with Gasteiger partial charge in [0.2, 0.25) is 10.0 Å². The first-order chi connectivity index (χ1) is 11.5. The van der Waals surface area contributed by atoms with E-state index in [1.165, 1.54) is 0 Å². The summed E-state index contributed by atoms with van der Waals surface area (Å²) in [6, 6.07) is 7.10. The normalized spacial score (nSPS) is 16.0. The van der Waals surface area contributed by atoms with Crippen LogP contribution in [0.15, 0.2) is 24.3 Å². The van der Waals surface area contributed by atoms with Gasteiger partial charge < -0.3 is 4.74 Å². The molecule has 0 atom stereocenters. The van der Waals surface area contributed by atoms with Gasteiger partial charge >= 0.3 is 0 Å². The van der Waals surface area contributed by atoms with Gasteiger partial charge in [-0.3, -0.25) is 9.48 Å². The Kier molecular flexibility index (Phi) is 3.65. The van der Waals surface area contributed by atoms with Crippen molar-refractivity contribution in [3.05, 3.63) is 52.3 Å². The Morgan fingerprint density at radius 1 is 1.25 bits per heavy atom. The molecule has 2 aliphatic rings. The Morgan fingerprint density at radius 3 is 2.92 bits per heavy atom. The minimum absolute atomic E-state index is 0.149. The van der Waals surface area contributed by atoms with Crippen molar-refractivity contribution in [1.29, 1.82) is 0 Å². The first-order valence-corrected chi connectivity index (χ1v) is 9.45. The van der Waals surface area contributed by atoms with Crippen molar-refractivity contribution in [3.8, 4) is 0 Å². The predicted molar refractivity (Wildman–Crippen MR) is 85.6 cm³/mol. The van der Waals surface area contributed by atoms with Gasteiger partial charge in [-0.15, -0.1) is 0 Å². The average molecular weight is 347 g/mol. The summed E-state index contributed by atoms with van der Waals surface area (Å²) >= 11 is 0. The first-order valence-electron chi connectivity index (χ1n) is 7.80. The van der Waals surface area contributed by atoms with Crippen molar-refractivity contribution in [1.82, 2.24) is 14.5 Å². The van der Waals surface area contributed by atoms with Gasteiger partial charge in [-0.25, -0.2) is 13.1 Å². The molecule has 0 saturated carbocycles. The maximum Gasteiger partial charge on any atom is 0.285 e. The Morgan fingerprint density at radius 2 is 2.08 bits per heavy atom. The molecular weight excluding hydrogens is 330 g/mol. The maximum absolute atomic E-state index is 12.3. The van der Waals surface area contributed by atoms with Crippen LogP contribution in [0, 0.1) is 0 Å². The van der Waals surface area contributed by atoms with Crippen LogP contribution in [0.4, 0.5) is 0 Å². The van der Waals surface area contributed by atoms with Crippen molar-refractivity contribution in [2.24, 2.45) is 0 Å². The first kappa shape index (κ1) is 15.3. The summed E-state index contributed by atoms with van der Waals surface area (Å²) < 4.78 is 33.7. The number of hydrogen-bond donors (Lipinski definition) is 1. The molecule has 8 heteroatoms. The van der Waals surface area contributed by atoms with Crippen LogP contribution in [0.2, 0.25) is 0 Å². The zero-order valence-corrected chi connectivity index (χ0v) is 13.8. The van der Waals surface area contributed by atoms with Gasteiger partial charge in [0.1, 0.15) is 0 Å². The number of aryl methyl sites for hydroxylation is 2. The molecule has 0 fully saturated rings. The fourth-order valence-corrected chi connectivity index (χ4v) is 4.21. The molecule has 0 saturated heterocycles. The summed E-state index contributed by atoms with van der Waals surface area (Å²) in [5, 5.41) is 4.15. The van der Waals surface area contributed by atoms with Crippen molar-refractivity contribution in [3.63, 3.8) is 0 Å². The molecule has 4 rings (SSSR count). The van der Waals surface area contributed by atoms with E-state index in [1.54, 1.807) is 16.8 Å². The van der Waals surface area contributed by atoms with Crippen LogP contribution in [-0.4, -0.2) is 24.1 Å². The summed E-state index contributed by atoms with van der Waals surface area (Å²) in [4.78, 5) is 12.2. The molecule has 1 aromatic heterocycles. The summed E-state index contributed by atoms with van der Waals surface area (Å²) in [6.45, 7) is 1.83. The summed E-state index contributed by atoms with van der Waals surface area (Å²) in [6.07, 6.45) is 1.87. The lowest BCUT2D eigenvalue weighted by Gasteiger charge is -2.07. The lowest BCUT2D eigenvalue weighted by Crippen LogP contribution is -2.32. The molecule has 2 aliphatic heterocycles. The molecule has 2 aromatic rings. The average Bonchev–Trinajstić information content (AvgIpc) is 3.20. The number of sulfonamides is 1. The number of fused-ring (bicyclic) bond motifs is 2. The van der Waals surface area contributed by atoms with Crippen molar-refractivity contribution >= 4 is 15.9 Å². The number of carbonyl (C=O) groups is 1. The van der Waals surface area contributed by atoms with Gasteiger partial charge in [0.25, 0.3) is 5.91 Å². The van der Waals surface area contributed by atoms with Crippen LogP contribution >= 0.6 is 0 Å². The highest BCUT2D eigenvalue weighted by molar-refractivity contribution is 7.89. The molecule has 0 bridgehead atoms. The molecule has 1 N–H and O–H groups in total. The standard InChI is InChI=1S/C16H17N3O4S/c20-16(15-7-14-2-1-5-19(14)17-15)18-24(21,22)10-11-3-4-12-8-23-9-13(12)6-11/h3-4,6-7H,1-2,5,8-10H2,(H,18,20). The lowest BCUT2D eigenvalue weighted by atomic mass is 10.1. The number of amides is 1. The van der Waals surface area contributed by atoms with Crippen molar-refractivity contribution < 1.29 is 17.9 Å². The Hall–Kier alpha value is -2.19. The van der Waals surface area contributed by atoms with Crippen LogP contribution < -0.4 is 4.72 Å². The maximum atomic E-state index is 12.3. The van der Waals surface area contributed by atoms with E-state index in [9.17, 15) is 13.2 Å². The van der Waals surface area contributed by atoms with Crippen molar-refractivity contribution in [2.45, 2.75) is 38.4 Å². The number of nitrogens with one attached hydrogen (secondary N) is 1. The molecule has 0 radical (unpaired) electrons. The van der Waals surface area contributed by atoms with E-state index in [2.05, 4.69) is 9.82 Å². The number of ether oxygens (including phenoxy) is 1. The number of carbonyl (C=O) groups excluding carboxylic acids is 1. The third-order valence-corrected chi connectivity index (χ3v) is 5.50. The minimum Gasteiger partial charge on any atom is -0.372 e. The van der Waals surface area contributed by atoms with Gasteiger partial charge in [0.15, 0.2) is 5.69 Å². The van der Waals surface area contributed by atoms with Gasteiger partial charge in [0, 0.05) is 12.2 Å². The van der Waals surface area contributed by atoms with E-state index in [0.29, 0.717) is 18.8 Å².